The number of pyridine rings is 1. The number of epoxide rings is 1. The molecule has 0 amide bonds. The Morgan fingerprint density at radius 3 is 1.40 bits per heavy atom. The van der Waals surface area contributed by atoms with E-state index in [2.05, 4.69) is 6.58 Å². The zero-order chi connectivity index (χ0) is 63.4. The lowest BCUT2D eigenvalue weighted by molar-refractivity contribution is -0.291. The number of esters is 5. The lowest BCUT2D eigenvalue weighted by Gasteiger charge is -2.28. The van der Waals surface area contributed by atoms with Gasteiger partial charge in [0, 0.05) is 41.4 Å². The molecule has 18 nitrogen and oxygen atoms in total. The van der Waals surface area contributed by atoms with Crippen molar-refractivity contribution in [3.8, 4) is 34.5 Å². The maximum atomic E-state index is 13.9. The molecule has 2 heterocycles. The van der Waals surface area contributed by atoms with Crippen LogP contribution in [-0.4, -0.2) is 105 Å². The Balaban J connectivity index is 0.759. The number of nitrogens with zero attached hydrogens (tertiary/aromatic N) is 1. The second-order valence-electron chi connectivity index (χ2n) is 24.1. The third-order valence-corrected chi connectivity index (χ3v) is 18.6. The Morgan fingerprint density at radius 1 is 0.473 bits per heavy atom. The van der Waals surface area contributed by atoms with E-state index in [0.29, 0.717) is 132 Å². The minimum absolute atomic E-state index is 0.00975. The van der Waals surface area contributed by atoms with Crippen molar-refractivity contribution in [2.75, 3.05) is 52.9 Å². The molecule has 1 aliphatic heterocycles. The summed E-state index contributed by atoms with van der Waals surface area (Å²) in [7, 11) is 0. The van der Waals surface area contributed by atoms with Gasteiger partial charge in [-0.15, -0.1) is 11.8 Å². The average molecular weight is 1270 g/mol. The first-order valence-corrected chi connectivity index (χ1v) is 34.2. The van der Waals surface area contributed by atoms with E-state index >= 15 is 0 Å². The highest BCUT2D eigenvalue weighted by Crippen LogP contribution is 2.42. The van der Waals surface area contributed by atoms with Gasteiger partial charge in [-0.1, -0.05) is 25.8 Å². The van der Waals surface area contributed by atoms with Crippen molar-refractivity contribution in [1.82, 2.24) is 4.98 Å². The topological polar surface area (TPSA) is 212 Å². The van der Waals surface area contributed by atoms with Crippen LogP contribution < -0.4 is 28.4 Å². The molecule has 3 aliphatic carbocycles. The van der Waals surface area contributed by atoms with Crippen molar-refractivity contribution in [1.29, 1.82) is 0 Å². The number of benzene rings is 4. The van der Waals surface area contributed by atoms with Gasteiger partial charge in [-0.3, -0.25) is 19.2 Å². The van der Waals surface area contributed by atoms with E-state index in [4.69, 9.17) is 62.1 Å². The van der Waals surface area contributed by atoms with Crippen molar-refractivity contribution >= 4 is 63.3 Å². The fourth-order valence-corrected chi connectivity index (χ4v) is 13.1. The molecule has 1 saturated heterocycles. The predicted molar refractivity (Wildman–Crippen MR) is 344 cm³/mol. The first kappa shape index (κ1) is 68.7. The molecule has 1 aromatic heterocycles. The highest BCUT2D eigenvalue weighted by molar-refractivity contribution is 8.00. The summed E-state index contributed by atoms with van der Waals surface area (Å²) >= 11 is 1.71. The van der Waals surface area contributed by atoms with E-state index in [1.54, 1.807) is 54.2 Å². The van der Waals surface area contributed by atoms with E-state index in [9.17, 15) is 24.0 Å². The van der Waals surface area contributed by atoms with Crippen LogP contribution in [0.4, 0.5) is 0 Å². The summed E-state index contributed by atoms with van der Waals surface area (Å²) in [6.45, 7) is 10.2. The number of thioether (sulfide) groups is 1. The van der Waals surface area contributed by atoms with Crippen LogP contribution in [0.25, 0.3) is 21.7 Å². The molecule has 3 saturated carbocycles. The van der Waals surface area contributed by atoms with Crippen molar-refractivity contribution in [2.24, 2.45) is 23.7 Å². The van der Waals surface area contributed by atoms with Crippen molar-refractivity contribution in [3.63, 3.8) is 0 Å². The minimum Gasteiger partial charge on any atom is -0.494 e. The molecule has 1 atom stereocenters. The van der Waals surface area contributed by atoms with Gasteiger partial charge in [0.25, 0.3) is 0 Å². The Hall–Kier alpha value is -6.61. The van der Waals surface area contributed by atoms with Crippen LogP contribution in [-0.2, 0) is 52.7 Å². The van der Waals surface area contributed by atoms with Gasteiger partial charge >= 0.3 is 29.8 Å². The van der Waals surface area contributed by atoms with Gasteiger partial charge in [0.05, 0.1) is 68.3 Å². The molecule has 0 bridgehead atoms. The molecule has 0 spiro atoms. The fraction of sp³-hybridized carbons (Fsp3) is 0.556. The largest absolute Gasteiger partial charge is 0.494 e. The van der Waals surface area contributed by atoms with Crippen LogP contribution >= 0.6 is 11.8 Å². The number of carbonyl (C=O) groups excluding carboxylic acids is 5. The Labute approximate surface area is 539 Å². The molecule has 0 radical (unpaired) electrons. The van der Waals surface area contributed by atoms with Crippen LogP contribution in [0.15, 0.2) is 103 Å². The van der Waals surface area contributed by atoms with Gasteiger partial charge in [-0.2, -0.15) is 0 Å². The zero-order valence-corrected chi connectivity index (χ0v) is 53.6. The smallest absolute Gasteiger partial charge is 0.330 e. The SMILES string of the molecule is C=CC(=O)OCCCCCCOC1CCC(Sc2nc3cc(OC(=O)C4CCC(C(=O)Oc5ccc(OCCCCCCOOCC)cc5)CC4)ccc3c3ccc(OC(=O)C4CCC(C(=O)Oc5ccc(OCCCCCCOC6CO6)cc5)CC4)cc23)CC1. The molecule has 4 fully saturated rings. The van der Waals surface area contributed by atoms with E-state index in [1.807, 2.05) is 49.4 Å². The first-order valence-electron chi connectivity index (χ1n) is 33.3. The molecule has 4 aromatic carbocycles. The number of aromatic nitrogens is 1. The van der Waals surface area contributed by atoms with Crippen molar-refractivity contribution in [3.05, 3.63) is 97.6 Å². The molecule has 91 heavy (non-hydrogen) atoms. The quantitative estimate of drug-likeness (QED) is 0.00525. The van der Waals surface area contributed by atoms with E-state index in [0.717, 1.165) is 136 Å². The van der Waals surface area contributed by atoms with Gasteiger partial charge < -0.3 is 47.4 Å². The summed E-state index contributed by atoms with van der Waals surface area (Å²) in [6, 6.07) is 25.4. The van der Waals surface area contributed by atoms with Gasteiger partial charge in [0.1, 0.15) is 46.1 Å². The van der Waals surface area contributed by atoms with Gasteiger partial charge in [-0.05, 0) is 226 Å². The highest BCUT2D eigenvalue weighted by atomic mass is 32.2. The summed E-state index contributed by atoms with van der Waals surface area (Å²) < 4.78 is 57.5. The Kier molecular flexibility index (Phi) is 28.1. The zero-order valence-electron chi connectivity index (χ0n) is 52.8. The second-order valence-corrected chi connectivity index (χ2v) is 25.4. The van der Waals surface area contributed by atoms with Gasteiger partial charge in [0.15, 0.2) is 6.29 Å². The normalized spacial score (nSPS) is 20.5. The van der Waals surface area contributed by atoms with Gasteiger partial charge in [-0.25, -0.2) is 19.6 Å². The summed E-state index contributed by atoms with van der Waals surface area (Å²) in [5.74, 6) is 0.0653. The van der Waals surface area contributed by atoms with Gasteiger partial charge in [0.2, 0.25) is 0 Å². The summed E-state index contributed by atoms with van der Waals surface area (Å²) in [4.78, 5) is 80.7. The average Bonchev–Trinajstić information content (AvgIpc) is 1.35. The lowest BCUT2D eigenvalue weighted by atomic mass is 9.82. The minimum atomic E-state index is -0.392. The Bertz CT molecular complexity index is 3090. The molecule has 492 valence electrons. The van der Waals surface area contributed by atoms with E-state index < -0.39 is 5.97 Å². The number of rotatable bonds is 38. The van der Waals surface area contributed by atoms with E-state index in [1.165, 1.54) is 6.08 Å². The van der Waals surface area contributed by atoms with Crippen LogP contribution in [0.3, 0.4) is 0 Å². The number of hydrogen-bond donors (Lipinski definition) is 0. The highest BCUT2D eigenvalue weighted by Gasteiger charge is 2.34. The summed E-state index contributed by atoms with van der Waals surface area (Å²) in [6.07, 6.45) is 20.8. The molecule has 0 N–H and O–H groups in total. The third kappa shape index (κ3) is 22.9. The predicted octanol–water partition coefficient (Wildman–Crippen LogP) is 15.0. The fourth-order valence-electron chi connectivity index (χ4n) is 11.8. The number of hydrogen-bond acceptors (Lipinski definition) is 19. The van der Waals surface area contributed by atoms with Crippen LogP contribution in [0.1, 0.15) is 161 Å². The molecular weight excluding hydrogens is 1180 g/mol. The third-order valence-electron chi connectivity index (χ3n) is 17.2. The summed E-state index contributed by atoms with van der Waals surface area (Å²) in [5, 5.41) is 3.69. The standard InChI is InChI=1S/C72H91NO17S/c1-3-66(74)82-44-14-7-5-11-43-81-56-33-37-61(38-34-56)91-68-64-47-59(89-71(77)52-21-17-50(18-22-52)69(75)87-57-29-25-54(26-30-57)79-41-12-6-8-15-45-83-67-49-84-67)35-39-62(64)63-40-36-60(48-65(63)73-68)90-72(78)53-23-19-51(20-24-53)70(76)88-58-31-27-55(28-32-58)80-42-13-9-10-16-46-86-85-4-2/h3,25-32,35-36,39-40,47-48,50-53,56,61,67H,1,4-24,33-34,37-38,41-46,49H2,2H3. The molecule has 5 aromatic rings. The van der Waals surface area contributed by atoms with E-state index in [-0.39, 0.29) is 65.2 Å². The number of unbranched alkanes of at least 4 members (excludes halogenated alkanes) is 9. The summed E-state index contributed by atoms with van der Waals surface area (Å²) in [5.41, 5.74) is 0.670. The number of carbonyl (C=O) groups is 5. The molecule has 4 aliphatic rings. The second kappa shape index (κ2) is 37.2. The molecule has 9 rings (SSSR count). The van der Waals surface area contributed by atoms with Crippen LogP contribution in [0, 0.1) is 23.7 Å². The van der Waals surface area contributed by atoms with Crippen LogP contribution in [0.2, 0.25) is 0 Å². The maximum Gasteiger partial charge on any atom is 0.330 e. The molecule has 1 unspecified atom stereocenters. The van der Waals surface area contributed by atoms with Crippen molar-refractivity contribution < 1.29 is 81.1 Å². The first-order chi connectivity index (χ1) is 44.6. The number of fused-ring (bicyclic) bond motifs is 3. The Morgan fingerprint density at radius 2 is 0.901 bits per heavy atom. The molecule has 19 heteroatoms. The molecular formula is C72H91NO17S. The van der Waals surface area contributed by atoms with Crippen molar-refractivity contribution in [2.45, 2.75) is 184 Å². The maximum absolute atomic E-state index is 13.9. The van der Waals surface area contributed by atoms with Crippen LogP contribution in [0.5, 0.6) is 34.5 Å². The lowest BCUT2D eigenvalue weighted by Crippen LogP contribution is -2.30. The monoisotopic (exact) mass is 1270 g/mol. The number of ether oxygens (including phenoxy) is 10.